The molecule has 132 valence electrons. The van der Waals surface area contributed by atoms with E-state index in [4.69, 9.17) is 4.84 Å². The lowest BCUT2D eigenvalue weighted by atomic mass is 10.2. The minimum absolute atomic E-state index is 0.0744. The first kappa shape index (κ1) is 18.0. The minimum Gasteiger partial charge on any atom is -0.415 e. The highest BCUT2D eigenvalue weighted by molar-refractivity contribution is 7.08. The molecule has 0 aromatic heterocycles. The third kappa shape index (κ3) is 2.96. The van der Waals surface area contributed by atoms with Gasteiger partial charge in [0.05, 0.1) is 6.04 Å². The second-order valence-electron chi connectivity index (χ2n) is 7.83. The van der Waals surface area contributed by atoms with Gasteiger partial charge in [-0.2, -0.15) is 0 Å². The Hall–Kier alpha value is -1.84. The lowest BCUT2D eigenvalue weighted by Gasteiger charge is -2.43. The van der Waals surface area contributed by atoms with Crippen molar-refractivity contribution in [1.29, 1.82) is 0 Å². The molecule has 0 spiro atoms. The topological polar surface area (TPSA) is 12.5 Å². The van der Waals surface area contributed by atoms with E-state index in [2.05, 4.69) is 106 Å². The fourth-order valence-corrected chi connectivity index (χ4v) is 9.66. The molecule has 2 aromatic carbocycles. The standard InChI is InChI=1S/C22H29NOSi/c1-6-23-18(2)17-21(24-23)25(22(3,4)5,19-13-9-7-10-14-19)20-15-11-8-12-16-20/h7-18H,6H2,1-5H3. The summed E-state index contributed by atoms with van der Waals surface area (Å²) in [5.41, 5.74) is 0. The highest BCUT2D eigenvalue weighted by Crippen LogP contribution is 2.43. The van der Waals surface area contributed by atoms with Gasteiger partial charge >= 0.3 is 0 Å². The first-order valence-corrected chi connectivity index (χ1v) is 11.2. The molecule has 1 unspecified atom stereocenters. The van der Waals surface area contributed by atoms with E-state index in [-0.39, 0.29) is 5.04 Å². The molecule has 0 aliphatic carbocycles. The normalized spacial score (nSPS) is 18.8. The van der Waals surface area contributed by atoms with E-state index >= 15 is 0 Å². The Morgan fingerprint density at radius 2 is 1.40 bits per heavy atom. The highest BCUT2D eigenvalue weighted by Gasteiger charge is 2.54. The largest absolute Gasteiger partial charge is 0.415 e. The van der Waals surface area contributed by atoms with Crippen molar-refractivity contribution < 1.29 is 4.84 Å². The fraction of sp³-hybridized carbons (Fsp3) is 0.364. The number of rotatable bonds is 4. The predicted molar refractivity (Wildman–Crippen MR) is 109 cm³/mol. The minimum atomic E-state index is -2.32. The summed E-state index contributed by atoms with van der Waals surface area (Å²) in [5, 5.41) is 6.15. The molecular weight excluding hydrogens is 322 g/mol. The molecule has 2 nitrogen and oxygen atoms in total. The third-order valence-electron chi connectivity index (χ3n) is 5.28. The lowest BCUT2D eigenvalue weighted by molar-refractivity contribution is -0.102. The molecule has 2 aromatic rings. The summed E-state index contributed by atoms with van der Waals surface area (Å²) in [6.07, 6.45) is 2.35. The maximum Gasteiger partial charge on any atom is 0.200 e. The van der Waals surface area contributed by atoms with Crippen LogP contribution in [0.15, 0.2) is 72.1 Å². The Bertz CT molecular complexity index is 694. The lowest BCUT2D eigenvalue weighted by Crippen LogP contribution is -2.66. The van der Waals surface area contributed by atoms with Crippen molar-refractivity contribution in [2.75, 3.05) is 6.54 Å². The Labute approximate surface area is 153 Å². The highest BCUT2D eigenvalue weighted by atomic mass is 28.3. The van der Waals surface area contributed by atoms with E-state index in [0.29, 0.717) is 6.04 Å². The van der Waals surface area contributed by atoms with Crippen LogP contribution in [0, 0.1) is 0 Å². The van der Waals surface area contributed by atoms with Gasteiger partial charge in [0.25, 0.3) is 0 Å². The van der Waals surface area contributed by atoms with Gasteiger partial charge in [-0.3, -0.25) is 0 Å². The van der Waals surface area contributed by atoms with Crippen LogP contribution in [0.3, 0.4) is 0 Å². The van der Waals surface area contributed by atoms with Crippen LogP contribution in [0.4, 0.5) is 0 Å². The van der Waals surface area contributed by atoms with E-state index in [1.807, 2.05) is 0 Å². The van der Waals surface area contributed by atoms with Crippen LogP contribution >= 0.6 is 0 Å². The van der Waals surface area contributed by atoms with Gasteiger partial charge in [-0.15, -0.1) is 5.06 Å². The zero-order chi connectivity index (χ0) is 18.1. The van der Waals surface area contributed by atoms with Gasteiger partial charge < -0.3 is 4.84 Å². The first-order chi connectivity index (χ1) is 11.9. The van der Waals surface area contributed by atoms with E-state index in [0.717, 1.165) is 6.54 Å². The molecule has 1 atom stereocenters. The number of benzene rings is 2. The Kier molecular flexibility index (Phi) is 4.89. The van der Waals surface area contributed by atoms with Crippen molar-refractivity contribution in [3.8, 4) is 0 Å². The van der Waals surface area contributed by atoms with Crippen LogP contribution in [0.1, 0.15) is 34.6 Å². The van der Waals surface area contributed by atoms with Gasteiger partial charge in [0.2, 0.25) is 8.07 Å². The smallest absolute Gasteiger partial charge is 0.200 e. The number of likely N-dealkylation sites (N-methyl/N-ethyl adjacent to an activating group) is 1. The quantitative estimate of drug-likeness (QED) is 0.768. The molecule has 0 bridgehead atoms. The van der Waals surface area contributed by atoms with Crippen LogP contribution in [0.5, 0.6) is 0 Å². The summed E-state index contributed by atoms with van der Waals surface area (Å²) in [4.78, 5) is 6.48. The molecule has 0 fully saturated rings. The zero-order valence-electron chi connectivity index (χ0n) is 16.0. The van der Waals surface area contributed by atoms with Gasteiger partial charge in [-0.05, 0) is 35.3 Å². The summed E-state index contributed by atoms with van der Waals surface area (Å²) in [7, 11) is -2.32. The average Bonchev–Trinajstić information content (AvgIpc) is 2.97. The van der Waals surface area contributed by atoms with Gasteiger partial charge in [0.15, 0.2) is 0 Å². The molecule has 0 saturated carbocycles. The second kappa shape index (κ2) is 6.81. The molecule has 3 heteroatoms. The molecule has 3 rings (SSSR count). The van der Waals surface area contributed by atoms with Crippen molar-refractivity contribution in [3.05, 3.63) is 72.1 Å². The second-order valence-corrected chi connectivity index (χ2v) is 12.5. The molecule has 1 heterocycles. The van der Waals surface area contributed by atoms with Crippen LogP contribution in [-0.2, 0) is 4.84 Å². The van der Waals surface area contributed by atoms with Crippen molar-refractivity contribution in [2.24, 2.45) is 0 Å². The molecule has 0 N–H and O–H groups in total. The monoisotopic (exact) mass is 351 g/mol. The van der Waals surface area contributed by atoms with Crippen molar-refractivity contribution in [3.63, 3.8) is 0 Å². The summed E-state index contributed by atoms with van der Waals surface area (Å²) in [6, 6.07) is 22.3. The van der Waals surface area contributed by atoms with Gasteiger partial charge in [0.1, 0.15) is 5.38 Å². The van der Waals surface area contributed by atoms with Crippen LogP contribution < -0.4 is 10.4 Å². The van der Waals surface area contributed by atoms with Crippen LogP contribution in [0.25, 0.3) is 0 Å². The maximum absolute atomic E-state index is 6.48. The molecule has 25 heavy (non-hydrogen) atoms. The molecular formula is C22H29NOSi. The van der Waals surface area contributed by atoms with Crippen molar-refractivity contribution >= 4 is 18.4 Å². The first-order valence-electron chi connectivity index (χ1n) is 9.19. The molecule has 1 aliphatic heterocycles. The summed E-state index contributed by atoms with van der Waals surface area (Å²) in [6.45, 7) is 12.3. The molecule has 1 aliphatic rings. The maximum atomic E-state index is 6.48. The van der Waals surface area contributed by atoms with Gasteiger partial charge in [0, 0.05) is 6.54 Å². The Morgan fingerprint density at radius 3 is 1.76 bits per heavy atom. The number of hydrogen-bond donors (Lipinski definition) is 0. The Balaban J connectivity index is 2.30. The summed E-state index contributed by atoms with van der Waals surface area (Å²) in [5.74, 6) is 0. The molecule has 0 radical (unpaired) electrons. The SMILES string of the molecule is CCN1OC([Si](c2ccccc2)(c2ccccc2)C(C)(C)C)=CC1C. The summed E-state index contributed by atoms with van der Waals surface area (Å²) < 4.78 is 0. The van der Waals surface area contributed by atoms with E-state index in [1.165, 1.54) is 15.8 Å². The number of hydroxylamine groups is 2. The molecule has 0 amide bonds. The number of nitrogens with zero attached hydrogens (tertiary/aromatic N) is 1. The van der Waals surface area contributed by atoms with E-state index in [9.17, 15) is 0 Å². The zero-order valence-corrected chi connectivity index (χ0v) is 17.0. The van der Waals surface area contributed by atoms with E-state index in [1.54, 1.807) is 0 Å². The van der Waals surface area contributed by atoms with Gasteiger partial charge in [-0.1, -0.05) is 81.4 Å². The Morgan fingerprint density at radius 1 is 0.920 bits per heavy atom. The van der Waals surface area contributed by atoms with Crippen molar-refractivity contribution in [2.45, 2.75) is 45.7 Å². The fourth-order valence-electron chi connectivity index (χ4n) is 4.15. The summed E-state index contributed by atoms with van der Waals surface area (Å²) >= 11 is 0. The predicted octanol–water partition coefficient (Wildman–Crippen LogP) is 4.13. The number of hydrogen-bond acceptors (Lipinski definition) is 2. The molecule has 0 saturated heterocycles. The van der Waals surface area contributed by atoms with Gasteiger partial charge in [-0.25, -0.2) is 0 Å². The van der Waals surface area contributed by atoms with Crippen LogP contribution in [-0.4, -0.2) is 25.7 Å². The third-order valence-corrected chi connectivity index (χ3v) is 10.9. The van der Waals surface area contributed by atoms with Crippen LogP contribution in [0.2, 0.25) is 5.04 Å². The average molecular weight is 352 g/mol. The van der Waals surface area contributed by atoms with Crippen molar-refractivity contribution in [1.82, 2.24) is 5.06 Å². The van der Waals surface area contributed by atoms with E-state index < -0.39 is 8.07 Å².